The summed E-state index contributed by atoms with van der Waals surface area (Å²) in [6.45, 7) is 1.45. The number of carbonyl (C=O) groups is 1. The summed E-state index contributed by atoms with van der Waals surface area (Å²) in [4.78, 5) is 16.0. The van der Waals surface area contributed by atoms with E-state index in [1.54, 1.807) is 11.3 Å². The molecule has 0 atom stereocenters. The smallest absolute Gasteiger partial charge is 0.272 e. The SMILES string of the molecule is O=C(c1cc(-c2ccc(Br)cc2)n[nH]1)N1CCc2sccc2C1. The van der Waals surface area contributed by atoms with Gasteiger partial charge in [-0.05, 0) is 41.6 Å². The number of amides is 1. The van der Waals surface area contributed by atoms with Crippen molar-refractivity contribution in [1.29, 1.82) is 0 Å². The number of hydrogen-bond acceptors (Lipinski definition) is 3. The summed E-state index contributed by atoms with van der Waals surface area (Å²) in [6.07, 6.45) is 0.937. The summed E-state index contributed by atoms with van der Waals surface area (Å²) in [5.74, 6) is 0.0118. The van der Waals surface area contributed by atoms with Crippen LogP contribution in [0, 0.1) is 0 Å². The first-order chi connectivity index (χ1) is 11.2. The molecule has 23 heavy (non-hydrogen) atoms. The molecule has 1 aromatic carbocycles. The minimum absolute atomic E-state index is 0.0118. The Balaban J connectivity index is 1.55. The molecule has 3 aromatic rings. The van der Waals surface area contributed by atoms with Crippen molar-refractivity contribution in [2.75, 3.05) is 6.54 Å². The van der Waals surface area contributed by atoms with E-state index >= 15 is 0 Å². The van der Waals surface area contributed by atoms with Crippen molar-refractivity contribution < 1.29 is 4.79 Å². The van der Waals surface area contributed by atoms with Gasteiger partial charge < -0.3 is 4.90 Å². The number of halogens is 1. The molecule has 1 N–H and O–H groups in total. The molecule has 0 radical (unpaired) electrons. The highest BCUT2D eigenvalue weighted by molar-refractivity contribution is 9.10. The number of carbonyl (C=O) groups excluding carboxylic acids is 1. The molecule has 3 heterocycles. The molecule has 0 spiro atoms. The van der Waals surface area contributed by atoms with Crippen LogP contribution in [-0.2, 0) is 13.0 Å². The molecule has 4 nitrogen and oxygen atoms in total. The first kappa shape index (κ1) is 14.7. The molecule has 116 valence electrons. The molecule has 1 aliphatic rings. The number of rotatable bonds is 2. The van der Waals surface area contributed by atoms with E-state index in [0.717, 1.165) is 28.7 Å². The Morgan fingerprint density at radius 1 is 1.26 bits per heavy atom. The second-order valence-corrected chi connectivity index (χ2v) is 7.44. The Morgan fingerprint density at radius 2 is 2.09 bits per heavy atom. The Hall–Kier alpha value is -1.92. The van der Waals surface area contributed by atoms with Crippen molar-refractivity contribution in [1.82, 2.24) is 15.1 Å². The van der Waals surface area contributed by atoms with Crippen LogP contribution >= 0.6 is 27.3 Å². The van der Waals surface area contributed by atoms with Crippen molar-refractivity contribution in [2.24, 2.45) is 0 Å². The summed E-state index contributed by atoms with van der Waals surface area (Å²) in [5.41, 5.74) is 3.58. The van der Waals surface area contributed by atoms with Gasteiger partial charge in [0.25, 0.3) is 5.91 Å². The Bertz CT molecular complexity index is 853. The summed E-state index contributed by atoms with van der Waals surface area (Å²) in [5, 5.41) is 9.26. The fraction of sp³-hybridized carbons (Fsp3) is 0.176. The zero-order chi connectivity index (χ0) is 15.8. The molecule has 0 saturated carbocycles. The molecule has 1 aliphatic heterocycles. The van der Waals surface area contributed by atoms with Crippen LogP contribution in [0.15, 0.2) is 46.3 Å². The van der Waals surface area contributed by atoms with E-state index in [1.807, 2.05) is 35.2 Å². The molecule has 0 fully saturated rings. The first-order valence-electron chi connectivity index (χ1n) is 7.36. The second-order valence-electron chi connectivity index (χ2n) is 5.52. The molecule has 0 unspecified atom stereocenters. The lowest BCUT2D eigenvalue weighted by atomic mass is 10.1. The summed E-state index contributed by atoms with van der Waals surface area (Å²) in [7, 11) is 0. The minimum atomic E-state index is 0.0118. The van der Waals surface area contributed by atoms with Crippen LogP contribution < -0.4 is 0 Å². The maximum atomic E-state index is 12.7. The number of H-pyrrole nitrogens is 1. The van der Waals surface area contributed by atoms with Crippen LogP contribution in [0.25, 0.3) is 11.3 Å². The van der Waals surface area contributed by atoms with Crippen molar-refractivity contribution >= 4 is 33.2 Å². The largest absolute Gasteiger partial charge is 0.333 e. The van der Waals surface area contributed by atoms with Crippen LogP contribution in [0.3, 0.4) is 0 Å². The van der Waals surface area contributed by atoms with Crippen LogP contribution in [0.5, 0.6) is 0 Å². The fourth-order valence-corrected chi connectivity index (χ4v) is 3.95. The molecule has 2 aromatic heterocycles. The maximum Gasteiger partial charge on any atom is 0.272 e. The summed E-state index contributed by atoms with van der Waals surface area (Å²) < 4.78 is 1.02. The standard InChI is InChI=1S/C17H14BrN3OS/c18-13-3-1-11(2-4-13)14-9-15(20-19-14)17(22)21-7-5-16-12(10-21)6-8-23-16/h1-4,6,8-9H,5,7,10H2,(H,19,20). The predicted molar refractivity (Wildman–Crippen MR) is 94.5 cm³/mol. The molecular formula is C17H14BrN3OS. The van der Waals surface area contributed by atoms with Crippen molar-refractivity contribution in [2.45, 2.75) is 13.0 Å². The zero-order valence-electron chi connectivity index (χ0n) is 12.3. The van der Waals surface area contributed by atoms with Crippen molar-refractivity contribution in [3.8, 4) is 11.3 Å². The van der Waals surface area contributed by atoms with Gasteiger partial charge in [0, 0.05) is 28.0 Å². The lowest BCUT2D eigenvalue weighted by Gasteiger charge is -2.26. The number of thiophene rings is 1. The van der Waals surface area contributed by atoms with Crippen LogP contribution in [0.4, 0.5) is 0 Å². The Labute approximate surface area is 146 Å². The third-order valence-corrected chi connectivity index (χ3v) is 5.59. The first-order valence-corrected chi connectivity index (χ1v) is 9.04. The summed E-state index contributed by atoms with van der Waals surface area (Å²) in [6, 6.07) is 11.8. The van der Waals surface area contributed by atoms with Gasteiger partial charge in [0.15, 0.2) is 0 Å². The van der Waals surface area contributed by atoms with Gasteiger partial charge in [0.05, 0.1) is 5.69 Å². The van der Waals surface area contributed by atoms with Crippen molar-refractivity contribution in [3.63, 3.8) is 0 Å². The van der Waals surface area contributed by atoms with Gasteiger partial charge in [-0.15, -0.1) is 11.3 Å². The van der Waals surface area contributed by atoms with Gasteiger partial charge in [-0.3, -0.25) is 9.89 Å². The molecule has 6 heteroatoms. The van der Waals surface area contributed by atoms with Gasteiger partial charge in [0.1, 0.15) is 5.69 Å². The van der Waals surface area contributed by atoms with E-state index in [2.05, 4.69) is 37.6 Å². The third kappa shape index (κ3) is 2.84. The van der Waals surface area contributed by atoms with E-state index in [-0.39, 0.29) is 5.91 Å². The van der Waals surface area contributed by atoms with E-state index in [9.17, 15) is 4.79 Å². The van der Waals surface area contributed by atoms with Crippen LogP contribution in [0.2, 0.25) is 0 Å². The molecule has 0 saturated heterocycles. The predicted octanol–water partition coefficient (Wildman–Crippen LogP) is 4.10. The van der Waals surface area contributed by atoms with Crippen LogP contribution in [0.1, 0.15) is 20.9 Å². The Morgan fingerprint density at radius 3 is 2.91 bits per heavy atom. The van der Waals surface area contributed by atoms with Gasteiger partial charge in [-0.2, -0.15) is 5.10 Å². The monoisotopic (exact) mass is 387 g/mol. The van der Waals surface area contributed by atoms with E-state index in [4.69, 9.17) is 0 Å². The highest BCUT2D eigenvalue weighted by atomic mass is 79.9. The van der Waals surface area contributed by atoms with E-state index < -0.39 is 0 Å². The number of nitrogens with zero attached hydrogens (tertiary/aromatic N) is 2. The highest BCUT2D eigenvalue weighted by Crippen LogP contribution is 2.26. The van der Waals surface area contributed by atoms with Gasteiger partial charge in [-0.25, -0.2) is 0 Å². The van der Waals surface area contributed by atoms with E-state index in [0.29, 0.717) is 12.2 Å². The number of hydrogen-bond donors (Lipinski definition) is 1. The average molecular weight is 388 g/mol. The third-order valence-electron chi connectivity index (χ3n) is 4.04. The molecule has 4 rings (SSSR count). The highest BCUT2D eigenvalue weighted by Gasteiger charge is 2.23. The quantitative estimate of drug-likeness (QED) is 0.719. The normalized spacial score (nSPS) is 13.9. The maximum absolute atomic E-state index is 12.7. The van der Waals surface area contributed by atoms with Crippen molar-refractivity contribution in [3.05, 3.63) is 62.4 Å². The number of fused-ring (bicyclic) bond motifs is 1. The molecular weight excluding hydrogens is 374 g/mol. The number of aromatic amines is 1. The van der Waals surface area contributed by atoms with Crippen LogP contribution in [-0.4, -0.2) is 27.5 Å². The number of nitrogens with one attached hydrogen (secondary N) is 1. The lowest BCUT2D eigenvalue weighted by Crippen LogP contribution is -2.35. The fourth-order valence-electron chi connectivity index (χ4n) is 2.79. The lowest BCUT2D eigenvalue weighted by molar-refractivity contribution is 0.0730. The molecule has 1 amide bonds. The summed E-state index contributed by atoms with van der Waals surface area (Å²) >= 11 is 5.20. The number of aromatic nitrogens is 2. The number of benzene rings is 1. The van der Waals surface area contributed by atoms with Gasteiger partial charge >= 0.3 is 0 Å². The minimum Gasteiger partial charge on any atom is -0.333 e. The topological polar surface area (TPSA) is 49.0 Å². The molecule has 0 aliphatic carbocycles. The second kappa shape index (κ2) is 5.94. The zero-order valence-corrected chi connectivity index (χ0v) is 14.7. The van der Waals surface area contributed by atoms with Gasteiger partial charge in [-0.1, -0.05) is 28.1 Å². The Kier molecular flexibility index (Phi) is 3.79. The average Bonchev–Trinajstić information content (AvgIpc) is 3.23. The molecule has 0 bridgehead atoms. The van der Waals surface area contributed by atoms with Gasteiger partial charge in [0.2, 0.25) is 0 Å². The van der Waals surface area contributed by atoms with E-state index in [1.165, 1.54) is 10.4 Å².